The number of hydrogen-bond acceptors (Lipinski definition) is 4. The Kier molecular flexibility index (Phi) is 4.52. The minimum atomic E-state index is 0.0553. The fourth-order valence-corrected chi connectivity index (χ4v) is 3.28. The van der Waals surface area contributed by atoms with Crippen molar-refractivity contribution in [2.24, 2.45) is 0 Å². The lowest BCUT2D eigenvalue weighted by Gasteiger charge is -2.34. The van der Waals surface area contributed by atoms with Crippen LogP contribution >= 0.6 is 11.3 Å². The van der Waals surface area contributed by atoms with Crippen LogP contribution in [0.15, 0.2) is 41.1 Å². The molecule has 1 fully saturated rings. The first kappa shape index (κ1) is 14.8. The molecule has 2 heterocycles. The second-order valence-corrected chi connectivity index (χ2v) is 6.17. The standard InChI is InChI=1S/C17H17N3OS/c18-11-14-1-3-16(4-2-14)17(21)20-8-6-19(7-9-20)12-15-5-10-22-13-15/h1-5,10,13H,6-9,12H2. The Labute approximate surface area is 134 Å². The van der Waals surface area contributed by atoms with E-state index in [0.717, 1.165) is 32.7 Å². The van der Waals surface area contributed by atoms with E-state index in [4.69, 9.17) is 5.26 Å². The fourth-order valence-electron chi connectivity index (χ4n) is 2.62. The van der Waals surface area contributed by atoms with E-state index in [9.17, 15) is 4.79 Å². The molecular formula is C17H17N3OS. The maximum absolute atomic E-state index is 12.4. The minimum Gasteiger partial charge on any atom is -0.336 e. The largest absolute Gasteiger partial charge is 0.336 e. The molecule has 0 spiro atoms. The normalized spacial score (nSPS) is 15.5. The maximum atomic E-state index is 12.4. The molecule has 0 radical (unpaired) electrons. The Morgan fingerprint density at radius 2 is 1.86 bits per heavy atom. The van der Waals surface area contributed by atoms with Crippen molar-refractivity contribution in [2.45, 2.75) is 6.54 Å². The molecule has 0 N–H and O–H groups in total. The molecule has 1 saturated heterocycles. The molecule has 1 amide bonds. The van der Waals surface area contributed by atoms with Gasteiger partial charge in [-0.1, -0.05) is 0 Å². The van der Waals surface area contributed by atoms with E-state index in [2.05, 4.69) is 27.8 Å². The molecular weight excluding hydrogens is 294 g/mol. The Morgan fingerprint density at radius 3 is 2.45 bits per heavy atom. The highest BCUT2D eigenvalue weighted by atomic mass is 32.1. The Hall–Kier alpha value is -2.16. The van der Waals surface area contributed by atoms with Gasteiger partial charge in [0.2, 0.25) is 0 Å². The van der Waals surface area contributed by atoms with Crippen LogP contribution in [0.1, 0.15) is 21.5 Å². The minimum absolute atomic E-state index is 0.0553. The molecule has 1 aromatic heterocycles. The Morgan fingerprint density at radius 1 is 1.14 bits per heavy atom. The first-order chi connectivity index (χ1) is 10.8. The molecule has 0 aliphatic carbocycles. The van der Waals surface area contributed by atoms with E-state index >= 15 is 0 Å². The van der Waals surface area contributed by atoms with Crippen molar-refractivity contribution < 1.29 is 4.79 Å². The van der Waals surface area contributed by atoms with Gasteiger partial charge in [-0.3, -0.25) is 9.69 Å². The number of nitriles is 1. The number of benzene rings is 1. The molecule has 1 aliphatic rings. The summed E-state index contributed by atoms with van der Waals surface area (Å²) in [7, 11) is 0. The van der Waals surface area contributed by atoms with Crippen LogP contribution in [0.2, 0.25) is 0 Å². The van der Waals surface area contributed by atoms with Gasteiger partial charge in [-0.2, -0.15) is 16.6 Å². The summed E-state index contributed by atoms with van der Waals surface area (Å²) in [5, 5.41) is 13.1. The number of piperazine rings is 1. The number of amides is 1. The topological polar surface area (TPSA) is 47.3 Å². The van der Waals surface area contributed by atoms with Gasteiger partial charge in [-0.25, -0.2) is 0 Å². The molecule has 0 saturated carbocycles. The SMILES string of the molecule is N#Cc1ccc(C(=O)N2CCN(Cc3ccsc3)CC2)cc1. The molecule has 0 unspecified atom stereocenters. The van der Waals surface area contributed by atoms with Crippen LogP contribution in [-0.2, 0) is 6.54 Å². The van der Waals surface area contributed by atoms with E-state index in [0.29, 0.717) is 11.1 Å². The lowest BCUT2D eigenvalue weighted by molar-refractivity contribution is 0.0628. The van der Waals surface area contributed by atoms with Gasteiger partial charge in [0.15, 0.2) is 0 Å². The van der Waals surface area contributed by atoms with Crippen LogP contribution in [0, 0.1) is 11.3 Å². The average molecular weight is 311 g/mol. The van der Waals surface area contributed by atoms with E-state index in [1.807, 2.05) is 4.90 Å². The average Bonchev–Trinajstić information content (AvgIpc) is 3.08. The highest BCUT2D eigenvalue weighted by molar-refractivity contribution is 7.07. The smallest absolute Gasteiger partial charge is 0.253 e. The summed E-state index contributed by atoms with van der Waals surface area (Å²) in [5.41, 5.74) is 2.58. The molecule has 112 valence electrons. The van der Waals surface area contributed by atoms with Crippen molar-refractivity contribution in [1.29, 1.82) is 5.26 Å². The number of carbonyl (C=O) groups excluding carboxylic acids is 1. The van der Waals surface area contributed by atoms with Crippen molar-refractivity contribution in [3.63, 3.8) is 0 Å². The van der Waals surface area contributed by atoms with E-state index < -0.39 is 0 Å². The molecule has 4 nitrogen and oxygen atoms in total. The summed E-state index contributed by atoms with van der Waals surface area (Å²) in [6.07, 6.45) is 0. The van der Waals surface area contributed by atoms with Crippen LogP contribution in [0.4, 0.5) is 0 Å². The number of hydrogen-bond donors (Lipinski definition) is 0. The van der Waals surface area contributed by atoms with Crippen LogP contribution in [0.25, 0.3) is 0 Å². The first-order valence-electron chi connectivity index (χ1n) is 7.29. The van der Waals surface area contributed by atoms with Crippen molar-refractivity contribution in [1.82, 2.24) is 9.80 Å². The molecule has 3 rings (SSSR count). The monoisotopic (exact) mass is 311 g/mol. The zero-order valence-corrected chi connectivity index (χ0v) is 13.1. The summed E-state index contributed by atoms with van der Waals surface area (Å²) in [4.78, 5) is 16.7. The molecule has 5 heteroatoms. The van der Waals surface area contributed by atoms with Gasteiger partial charge < -0.3 is 4.90 Å². The van der Waals surface area contributed by atoms with Crippen molar-refractivity contribution in [2.75, 3.05) is 26.2 Å². The van der Waals surface area contributed by atoms with E-state index in [1.165, 1.54) is 5.56 Å². The quantitative estimate of drug-likeness (QED) is 0.875. The number of nitrogens with zero attached hydrogens (tertiary/aromatic N) is 3. The number of rotatable bonds is 3. The predicted molar refractivity (Wildman–Crippen MR) is 86.7 cm³/mol. The lowest BCUT2D eigenvalue weighted by Crippen LogP contribution is -2.48. The Bertz CT molecular complexity index is 665. The third-order valence-corrected chi connectivity index (χ3v) is 4.64. The highest BCUT2D eigenvalue weighted by Gasteiger charge is 2.22. The lowest BCUT2D eigenvalue weighted by atomic mass is 10.1. The molecule has 2 aromatic rings. The van der Waals surface area contributed by atoms with Crippen LogP contribution < -0.4 is 0 Å². The van der Waals surface area contributed by atoms with Gasteiger partial charge in [0.1, 0.15) is 0 Å². The number of thiophene rings is 1. The zero-order chi connectivity index (χ0) is 15.4. The Balaban J connectivity index is 1.56. The van der Waals surface area contributed by atoms with Crippen LogP contribution in [0.5, 0.6) is 0 Å². The van der Waals surface area contributed by atoms with Gasteiger partial charge in [0, 0.05) is 38.3 Å². The summed E-state index contributed by atoms with van der Waals surface area (Å²) in [6, 6.07) is 11.1. The van der Waals surface area contributed by atoms with Gasteiger partial charge in [0.05, 0.1) is 11.6 Å². The van der Waals surface area contributed by atoms with Crippen molar-refractivity contribution >= 4 is 17.2 Å². The first-order valence-corrected chi connectivity index (χ1v) is 8.23. The summed E-state index contributed by atoms with van der Waals surface area (Å²) < 4.78 is 0. The fraction of sp³-hybridized carbons (Fsp3) is 0.294. The van der Waals surface area contributed by atoms with Crippen LogP contribution in [-0.4, -0.2) is 41.9 Å². The van der Waals surface area contributed by atoms with Crippen molar-refractivity contribution in [3.05, 3.63) is 57.8 Å². The molecule has 0 atom stereocenters. The third kappa shape index (κ3) is 3.35. The van der Waals surface area contributed by atoms with Crippen molar-refractivity contribution in [3.8, 4) is 6.07 Å². The van der Waals surface area contributed by atoms with Crippen LogP contribution in [0.3, 0.4) is 0 Å². The van der Waals surface area contributed by atoms with Gasteiger partial charge >= 0.3 is 0 Å². The van der Waals surface area contributed by atoms with Gasteiger partial charge in [-0.05, 0) is 46.7 Å². The molecule has 22 heavy (non-hydrogen) atoms. The zero-order valence-electron chi connectivity index (χ0n) is 12.2. The predicted octanol–water partition coefficient (Wildman–Crippen LogP) is 2.58. The number of carbonyl (C=O) groups is 1. The van der Waals surface area contributed by atoms with Gasteiger partial charge in [0.25, 0.3) is 5.91 Å². The molecule has 1 aliphatic heterocycles. The summed E-state index contributed by atoms with van der Waals surface area (Å²) in [5.74, 6) is 0.0553. The van der Waals surface area contributed by atoms with E-state index in [1.54, 1.807) is 35.6 Å². The molecule has 1 aromatic carbocycles. The summed E-state index contributed by atoms with van der Waals surface area (Å²) >= 11 is 1.72. The highest BCUT2D eigenvalue weighted by Crippen LogP contribution is 2.14. The summed E-state index contributed by atoms with van der Waals surface area (Å²) in [6.45, 7) is 4.27. The third-order valence-electron chi connectivity index (χ3n) is 3.91. The van der Waals surface area contributed by atoms with Gasteiger partial charge in [-0.15, -0.1) is 0 Å². The molecule has 0 bridgehead atoms. The maximum Gasteiger partial charge on any atom is 0.253 e. The second-order valence-electron chi connectivity index (χ2n) is 5.39. The van der Waals surface area contributed by atoms with E-state index in [-0.39, 0.29) is 5.91 Å². The second kappa shape index (κ2) is 6.73.